The van der Waals surface area contributed by atoms with Gasteiger partial charge in [-0.05, 0) is 56.3 Å². The molecule has 2 saturated carbocycles. The van der Waals surface area contributed by atoms with Crippen LogP contribution in [0.1, 0.15) is 96.8 Å². The molecule has 2 nitrogen and oxygen atoms in total. The first-order chi connectivity index (χ1) is 10.7. The Morgan fingerprint density at radius 2 is 1.36 bits per heavy atom. The van der Waals surface area contributed by atoms with E-state index < -0.39 is 5.97 Å². The van der Waals surface area contributed by atoms with Crippen molar-refractivity contribution in [2.45, 2.75) is 96.8 Å². The Balaban J connectivity index is 1.58. The predicted octanol–water partition coefficient (Wildman–Crippen LogP) is 6.04. The lowest BCUT2D eigenvalue weighted by atomic mass is 9.68. The fourth-order valence-electron chi connectivity index (χ4n) is 4.82. The van der Waals surface area contributed by atoms with Crippen molar-refractivity contribution in [3.05, 3.63) is 0 Å². The standard InChI is InChI=1S/C20H36O2/c1-2-3-4-5-6-7-16-8-10-17(11-9-16)18-12-14-19(15-13-18)20(21)22/h16-19H,2-15H2,1H3,(H,21,22). The molecule has 0 bridgehead atoms. The van der Waals surface area contributed by atoms with Crippen molar-refractivity contribution in [2.75, 3.05) is 0 Å². The first-order valence-electron chi connectivity index (χ1n) is 9.93. The summed E-state index contributed by atoms with van der Waals surface area (Å²) in [5, 5.41) is 9.11. The molecular weight excluding hydrogens is 272 g/mol. The van der Waals surface area contributed by atoms with Gasteiger partial charge in [0.15, 0.2) is 0 Å². The van der Waals surface area contributed by atoms with Gasteiger partial charge < -0.3 is 5.11 Å². The van der Waals surface area contributed by atoms with Crippen molar-refractivity contribution >= 4 is 5.97 Å². The van der Waals surface area contributed by atoms with Crippen molar-refractivity contribution in [3.63, 3.8) is 0 Å². The summed E-state index contributed by atoms with van der Waals surface area (Å²) in [7, 11) is 0. The largest absolute Gasteiger partial charge is 0.481 e. The molecule has 0 aromatic heterocycles. The molecule has 128 valence electrons. The second-order valence-electron chi connectivity index (χ2n) is 7.93. The first-order valence-corrected chi connectivity index (χ1v) is 9.93. The number of carbonyl (C=O) groups is 1. The van der Waals surface area contributed by atoms with E-state index in [0.717, 1.165) is 30.6 Å². The Morgan fingerprint density at radius 3 is 1.91 bits per heavy atom. The van der Waals surface area contributed by atoms with Crippen LogP contribution in [0.15, 0.2) is 0 Å². The minimum absolute atomic E-state index is 0.0456. The Labute approximate surface area is 137 Å². The molecule has 0 radical (unpaired) electrons. The van der Waals surface area contributed by atoms with Crippen LogP contribution in [-0.4, -0.2) is 11.1 Å². The van der Waals surface area contributed by atoms with Gasteiger partial charge in [-0.2, -0.15) is 0 Å². The topological polar surface area (TPSA) is 37.3 Å². The van der Waals surface area contributed by atoms with Gasteiger partial charge in [-0.3, -0.25) is 4.79 Å². The van der Waals surface area contributed by atoms with Crippen LogP contribution in [-0.2, 0) is 4.79 Å². The van der Waals surface area contributed by atoms with Gasteiger partial charge in [0.2, 0.25) is 0 Å². The van der Waals surface area contributed by atoms with E-state index in [1.54, 1.807) is 0 Å². The monoisotopic (exact) mass is 308 g/mol. The van der Waals surface area contributed by atoms with Gasteiger partial charge in [0, 0.05) is 0 Å². The highest BCUT2D eigenvalue weighted by Gasteiger charge is 2.32. The van der Waals surface area contributed by atoms with Crippen LogP contribution >= 0.6 is 0 Å². The van der Waals surface area contributed by atoms with E-state index in [-0.39, 0.29) is 5.92 Å². The number of carboxylic acids is 1. The third-order valence-electron chi connectivity index (χ3n) is 6.40. The van der Waals surface area contributed by atoms with Crippen LogP contribution in [0, 0.1) is 23.7 Å². The molecule has 0 atom stereocenters. The van der Waals surface area contributed by atoms with Crippen molar-refractivity contribution < 1.29 is 9.90 Å². The average Bonchev–Trinajstić information content (AvgIpc) is 2.55. The summed E-state index contributed by atoms with van der Waals surface area (Å²) in [5.74, 6) is 2.13. The summed E-state index contributed by atoms with van der Waals surface area (Å²) in [6, 6.07) is 0. The summed E-state index contributed by atoms with van der Waals surface area (Å²) in [4.78, 5) is 11.0. The molecule has 2 heteroatoms. The minimum atomic E-state index is -0.565. The zero-order valence-corrected chi connectivity index (χ0v) is 14.6. The number of aliphatic carboxylic acids is 1. The van der Waals surface area contributed by atoms with Gasteiger partial charge >= 0.3 is 5.97 Å². The molecule has 0 aromatic carbocycles. The molecule has 0 unspecified atom stereocenters. The maximum atomic E-state index is 11.0. The molecule has 2 aliphatic rings. The SMILES string of the molecule is CCCCCCCC1CCC(C2CCC(C(=O)O)CC2)CC1. The molecule has 0 saturated heterocycles. The smallest absolute Gasteiger partial charge is 0.306 e. The van der Waals surface area contributed by atoms with Gasteiger partial charge in [-0.1, -0.05) is 58.3 Å². The predicted molar refractivity (Wildman–Crippen MR) is 91.9 cm³/mol. The molecule has 0 heterocycles. The van der Waals surface area contributed by atoms with Gasteiger partial charge in [0.25, 0.3) is 0 Å². The van der Waals surface area contributed by atoms with Gasteiger partial charge in [0.1, 0.15) is 0 Å². The number of rotatable bonds is 8. The highest BCUT2D eigenvalue weighted by Crippen LogP contribution is 2.42. The fourth-order valence-corrected chi connectivity index (χ4v) is 4.82. The van der Waals surface area contributed by atoms with Gasteiger partial charge in [0.05, 0.1) is 5.92 Å². The van der Waals surface area contributed by atoms with E-state index in [1.807, 2.05) is 0 Å². The molecule has 1 N–H and O–H groups in total. The van der Waals surface area contributed by atoms with Gasteiger partial charge in [-0.25, -0.2) is 0 Å². The number of unbranched alkanes of at least 4 members (excludes halogenated alkanes) is 4. The lowest BCUT2D eigenvalue weighted by Gasteiger charge is -2.37. The van der Waals surface area contributed by atoms with Crippen molar-refractivity contribution in [3.8, 4) is 0 Å². The number of carboxylic acid groups (broad SMARTS) is 1. The van der Waals surface area contributed by atoms with E-state index in [9.17, 15) is 4.79 Å². The molecule has 2 rings (SSSR count). The van der Waals surface area contributed by atoms with Crippen LogP contribution < -0.4 is 0 Å². The third kappa shape index (κ3) is 5.59. The zero-order chi connectivity index (χ0) is 15.8. The second-order valence-corrected chi connectivity index (χ2v) is 7.93. The van der Waals surface area contributed by atoms with E-state index >= 15 is 0 Å². The molecule has 0 spiro atoms. The molecule has 0 aliphatic heterocycles. The maximum Gasteiger partial charge on any atom is 0.306 e. The van der Waals surface area contributed by atoms with Crippen LogP contribution in [0.5, 0.6) is 0 Å². The third-order valence-corrected chi connectivity index (χ3v) is 6.40. The van der Waals surface area contributed by atoms with Crippen molar-refractivity contribution in [1.29, 1.82) is 0 Å². The van der Waals surface area contributed by atoms with Crippen molar-refractivity contribution in [1.82, 2.24) is 0 Å². The second kappa shape index (κ2) is 9.57. The van der Waals surface area contributed by atoms with E-state index in [2.05, 4.69) is 6.92 Å². The highest BCUT2D eigenvalue weighted by atomic mass is 16.4. The Hall–Kier alpha value is -0.530. The molecule has 0 aromatic rings. The summed E-state index contributed by atoms with van der Waals surface area (Å²) in [6.45, 7) is 2.28. The molecule has 2 aliphatic carbocycles. The molecule has 2 fully saturated rings. The van der Waals surface area contributed by atoms with Crippen LogP contribution in [0.4, 0.5) is 0 Å². The normalized spacial score (nSPS) is 32.8. The van der Waals surface area contributed by atoms with Crippen molar-refractivity contribution in [2.24, 2.45) is 23.7 Å². The Morgan fingerprint density at radius 1 is 0.818 bits per heavy atom. The fraction of sp³-hybridized carbons (Fsp3) is 0.950. The molecule has 22 heavy (non-hydrogen) atoms. The summed E-state index contributed by atoms with van der Waals surface area (Å²) < 4.78 is 0. The zero-order valence-electron chi connectivity index (χ0n) is 14.6. The Bertz CT molecular complexity index is 310. The maximum absolute atomic E-state index is 11.0. The number of hydrogen-bond donors (Lipinski definition) is 1. The van der Waals surface area contributed by atoms with E-state index in [4.69, 9.17) is 5.11 Å². The lowest BCUT2D eigenvalue weighted by molar-refractivity contribution is -0.143. The number of hydrogen-bond acceptors (Lipinski definition) is 1. The van der Waals surface area contributed by atoms with Gasteiger partial charge in [-0.15, -0.1) is 0 Å². The molecule has 0 amide bonds. The average molecular weight is 309 g/mol. The highest BCUT2D eigenvalue weighted by molar-refractivity contribution is 5.69. The van der Waals surface area contributed by atoms with Crippen LogP contribution in [0.2, 0.25) is 0 Å². The summed E-state index contributed by atoms with van der Waals surface area (Å²) >= 11 is 0. The minimum Gasteiger partial charge on any atom is -0.481 e. The summed E-state index contributed by atoms with van der Waals surface area (Å²) in [5.41, 5.74) is 0. The van der Waals surface area contributed by atoms with Crippen LogP contribution in [0.25, 0.3) is 0 Å². The molecular formula is C20H36O2. The summed E-state index contributed by atoms with van der Waals surface area (Å²) in [6.07, 6.45) is 18.4. The van der Waals surface area contributed by atoms with E-state index in [1.165, 1.54) is 77.0 Å². The quantitative estimate of drug-likeness (QED) is 0.555. The lowest BCUT2D eigenvalue weighted by Crippen LogP contribution is -2.28. The Kier molecular flexibility index (Phi) is 7.75. The van der Waals surface area contributed by atoms with E-state index in [0.29, 0.717) is 0 Å². The first kappa shape index (κ1) is 17.8. The van der Waals surface area contributed by atoms with Crippen LogP contribution in [0.3, 0.4) is 0 Å².